The number of nitrogens with zero attached hydrogens (tertiary/aromatic N) is 3. The van der Waals surface area contributed by atoms with E-state index in [0.717, 1.165) is 38.3 Å². The van der Waals surface area contributed by atoms with Crippen LogP contribution in [0.1, 0.15) is 31.7 Å². The molecule has 0 amide bonds. The number of hydrogen-bond acceptors (Lipinski definition) is 4. The highest BCUT2D eigenvalue weighted by molar-refractivity contribution is 7.80. The van der Waals surface area contributed by atoms with Crippen molar-refractivity contribution in [3.8, 4) is 0 Å². The molecule has 1 aromatic carbocycles. The number of aromatic nitrogens is 2. The Hall–Kier alpha value is -1.92. The summed E-state index contributed by atoms with van der Waals surface area (Å²) in [6.07, 6.45) is 4.45. The number of thiocarbonyl (C=S) groups is 1. The average Bonchev–Trinajstić information content (AvgIpc) is 2.66. The lowest BCUT2D eigenvalue weighted by atomic mass is 10.0. The maximum atomic E-state index is 6.20. The van der Waals surface area contributed by atoms with Gasteiger partial charge in [0.15, 0.2) is 5.11 Å². The van der Waals surface area contributed by atoms with Crippen LogP contribution in [0.5, 0.6) is 0 Å². The zero-order valence-corrected chi connectivity index (χ0v) is 17.2. The second kappa shape index (κ2) is 9.85. The molecule has 144 valence electrons. The summed E-state index contributed by atoms with van der Waals surface area (Å²) in [6, 6.07) is 12.3. The largest absolute Gasteiger partial charge is 0.362 e. The van der Waals surface area contributed by atoms with Gasteiger partial charge in [-0.25, -0.2) is 4.98 Å². The van der Waals surface area contributed by atoms with Crippen molar-refractivity contribution in [1.29, 1.82) is 0 Å². The summed E-state index contributed by atoms with van der Waals surface area (Å²) in [6.45, 7) is 5.05. The maximum Gasteiger partial charge on any atom is 0.232 e. The zero-order chi connectivity index (χ0) is 19.1. The van der Waals surface area contributed by atoms with E-state index in [9.17, 15) is 0 Å². The highest BCUT2D eigenvalue weighted by atomic mass is 35.5. The molecule has 0 radical (unpaired) electrons. The van der Waals surface area contributed by atoms with Crippen LogP contribution < -0.4 is 15.5 Å². The van der Waals surface area contributed by atoms with Gasteiger partial charge in [-0.1, -0.05) is 48.9 Å². The van der Waals surface area contributed by atoms with Crippen molar-refractivity contribution in [2.24, 2.45) is 5.92 Å². The Labute approximate surface area is 171 Å². The minimum atomic E-state index is 0.424. The van der Waals surface area contributed by atoms with Crippen LogP contribution in [-0.4, -0.2) is 34.7 Å². The first kappa shape index (κ1) is 19.8. The summed E-state index contributed by atoms with van der Waals surface area (Å²) in [5, 5.41) is 7.21. The summed E-state index contributed by atoms with van der Waals surface area (Å²) in [4.78, 5) is 11.1. The highest BCUT2D eigenvalue weighted by Gasteiger charge is 2.19. The van der Waals surface area contributed by atoms with E-state index in [2.05, 4.69) is 56.7 Å². The molecule has 5 nitrogen and oxygen atoms in total. The van der Waals surface area contributed by atoms with Crippen LogP contribution in [0.4, 0.5) is 11.8 Å². The number of hydrogen-bond donors (Lipinski definition) is 2. The molecule has 2 N–H and O–H groups in total. The first-order valence-electron chi connectivity index (χ1n) is 9.48. The van der Waals surface area contributed by atoms with Gasteiger partial charge in [-0.15, -0.1) is 0 Å². The second-order valence-electron chi connectivity index (χ2n) is 7.04. The first-order valence-corrected chi connectivity index (χ1v) is 10.3. The van der Waals surface area contributed by atoms with Crippen LogP contribution in [0.3, 0.4) is 0 Å². The third kappa shape index (κ3) is 6.33. The third-order valence-electron chi connectivity index (χ3n) is 4.66. The predicted molar refractivity (Wildman–Crippen MR) is 117 cm³/mol. The van der Waals surface area contributed by atoms with E-state index in [-0.39, 0.29) is 0 Å². The Balaban J connectivity index is 1.50. The highest BCUT2D eigenvalue weighted by Crippen LogP contribution is 2.24. The van der Waals surface area contributed by atoms with E-state index < -0.39 is 0 Å². The first-order chi connectivity index (χ1) is 13.1. The second-order valence-corrected chi connectivity index (χ2v) is 7.83. The molecule has 7 heteroatoms. The summed E-state index contributed by atoms with van der Waals surface area (Å²) < 4.78 is 0. The van der Waals surface area contributed by atoms with Crippen molar-refractivity contribution in [3.05, 3.63) is 47.1 Å². The van der Waals surface area contributed by atoms with Gasteiger partial charge in [0.05, 0.1) is 0 Å². The lowest BCUT2D eigenvalue weighted by Crippen LogP contribution is -2.35. The Morgan fingerprint density at radius 1 is 1.30 bits per heavy atom. The molecule has 1 saturated heterocycles. The molecule has 2 aromatic rings. The normalized spacial score (nSPS) is 16.8. The van der Waals surface area contributed by atoms with Gasteiger partial charge in [-0.3, -0.25) is 0 Å². The summed E-state index contributed by atoms with van der Waals surface area (Å²) in [5.74, 6) is 1.96. The Kier molecular flexibility index (Phi) is 7.24. The summed E-state index contributed by atoms with van der Waals surface area (Å²) in [7, 11) is 0. The van der Waals surface area contributed by atoms with Crippen LogP contribution in [0, 0.1) is 5.92 Å². The fourth-order valence-electron chi connectivity index (χ4n) is 3.31. The number of rotatable bonds is 6. The molecule has 1 unspecified atom stereocenters. The Bertz CT molecular complexity index is 755. The van der Waals surface area contributed by atoms with E-state index in [1.54, 1.807) is 0 Å². The fraction of sp³-hybridized carbons (Fsp3) is 0.450. The standard InChI is InChI=1S/C20H26ClN5S/c1-15-7-6-12-26(14-15)18-13-17(21)23-19(24-18)25-20(27)22-11-5-10-16-8-3-2-4-9-16/h2-4,8-9,13,15H,5-7,10-12,14H2,1H3,(H2,22,23,24,25,27). The minimum Gasteiger partial charge on any atom is -0.362 e. The lowest BCUT2D eigenvalue weighted by Gasteiger charge is -2.32. The molecular formula is C20H26ClN5S. The summed E-state index contributed by atoms with van der Waals surface area (Å²) in [5.41, 5.74) is 1.33. The van der Waals surface area contributed by atoms with Crippen LogP contribution in [0.2, 0.25) is 5.15 Å². The molecule has 0 saturated carbocycles. The number of piperidine rings is 1. The molecule has 0 bridgehead atoms. The summed E-state index contributed by atoms with van der Waals surface area (Å²) >= 11 is 11.6. The molecule has 1 atom stereocenters. The topological polar surface area (TPSA) is 53.1 Å². The molecule has 1 aromatic heterocycles. The molecule has 1 aliphatic heterocycles. The number of aryl methyl sites for hydroxylation is 1. The molecule has 2 heterocycles. The zero-order valence-electron chi connectivity index (χ0n) is 15.6. The van der Waals surface area contributed by atoms with Crippen LogP contribution in [0.25, 0.3) is 0 Å². The van der Waals surface area contributed by atoms with E-state index in [0.29, 0.717) is 22.1 Å². The smallest absolute Gasteiger partial charge is 0.232 e. The van der Waals surface area contributed by atoms with Crippen LogP contribution >= 0.6 is 23.8 Å². The van der Waals surface area contributed by atoms with Gasteiger partial charge in [0.25, 0.3) is 0 Å². The number of halogens is 1. The van der Waals surface area contributed by atoms with Gasteiger partial charge in [-0.2, -0.15) is 4.98 Å². The molecule has 3 rings (SSSR count). The van der Waals surface area contributed by atoms with Crippen molar-refractivity contribution < 1.29 is 0 Å². The van der Waals surface area contributed by atoms with Crippen molar-refractivity contribution >= 4 is 40.7 Å². The minimum absolute atomic E-state index is 0.424. The molecule has 1 aliphatic rings. The SMILES string of the molecule is CC1CCCN(c2cc(Cl)nc(NC(=S)NCCCc3ccccc3)n2)C1. The van der Waals surface area contributed by atoms with Crippen molar-refractivity contribution in [1.82, 2.24) is 15.3 Å². The third-order valence-corrected chi connectivity index (χ3v) is 5.10. The maximum absolute atomic E-state index is 6.20. The van der Waals surface area contributed by atoms with Crippen molar-refractivity contribution in [2.75, 3.05) is 29.9 Å². The van der Waals surface area contributed by atoms with Gasteiger partial charge < -0.3 is 15.5 Å². The van der Waals surface area contributed by atoms with Crippen LogP contribution in [0.15, 0.2) is 36.4 Å². The molecule has 0 spiro atoms. The molecule has 0 aliphatic carbocycles. The molecule has 1 fully saturated rings. The van der Waals surface area contributed by atoms with Gasteiger partial charge in [-0.05, 0) is 49.4 Å². The van der Waals surface area contributed by atoms with Crippen molar-refractivity contribution in [2.45, 2.75) is 32.6 Å². The van der Waals surface area contributed by atoms with Gasteiger partial charge >= 0.3 is 0 Å². The number of benzene rings is 1. The molecule has 27 heavy (non-hydrogen) atoms. The van der Waals surface area contributed by atoms with E-state index in [1.807, 2.05) is 12.1 Å². The van der Waals surface area contributed by atoms with Crippen LogP contribution in [-0.2, 0) is 6.42 Å². The quantitative estimate of drug-likeness (QED) is 0.426. The number of anilines is 2. The average molecular weight is 404 g/mol. The van der Waals surface area contributed by atoms with E-state index in [1.165, 1.54) is 18.4 Å². The lowest BCUT2D eigenvalue weighted by molar-refractivity contribution is 0.444. The van der Waals surface area contributed by atoms with E-state index in [4.69, 9.17) is 23.8 Å². The van der Waals surface area contributed by atoms with Crippen molar-refractivity contribution in [3.63, 3.8) is 0 Å². The Morgan fingerprint density at radius 2 is 2.11 bits per heavy atom. The number of nitrogens with one attached hydrogen (secondary N) is 2. The predicted octanol–water partition coefficient (Wildman–Crippen LogP) is 4.29. The van der Waals surface area contributed by atoms with Gasteiger partial charge in [0.1, 0.15) is 11.0 Å². The van der Waals surface area contributed by atoms with Gasteiger partial charge in [0, 0.05) is 25.7 Å². The monoisotopic (exact) mass is 403 g/mol. The van der Waals surface area contributed by atoms with Gasteiger partial charge in [0.2, 0.25) is 5.95 Å². The Morgan fingerprint density at radius 3 is 2.89 bits per heavy atom. The fourth-order valence-corrected chi connectivity index (χ4v) is 3.68. The van der Waals surface area contributed by atoms with E-state index >= 15 is 0 Å². The molecular weight excluding hydrogens is 378 g/mol.